The second-order valence-electron chi connectivity index (χ2n) is 10.4. The molecule has 3 fully saturated rings. The number of hydrogen-bond donors (Lipinski definition) is 1. The van der Waals surface area contributed by atoms with Crippen LogP contribution in [-0.2, 0) is 25.5 Å². The molecule has 4 aliphatic rings. The van der Waals surface area contributed by atoms with Crippen LogP contribution in [0.5, 0.6) is 0 Å². The first-order chi connectivity index (χ1) is 16.9. The summed E-state index contributed by atoms with van der Waals surface area (Å²) in [5.41, 5.74) is 0.265. The number of nitrogens with one attached hydrogen (secondary N) is 1. The Hall–Kier alpha value is -3.19. The Balaban J connectivity index is 1.25. The van der Waals surface area contributed by atoms with Crippen molar-refractivity contribution in [1.82, 2.24) is 10.2 Å². The lowest BCUT2D eigenvalue weighted by Crippen LogP contribution is -2.55. The Morgan fingerprint density at radius 1 is 1.20 bits per heavy atom. The number of Topliss-reactive ketones (excluding diaryl/α,β-unsaturated/α-hetero) is 1. The van der Waals surface area contributed by atoms with E-state index < -0.39 is 35.6 Å². The van der Waals surface area contributed by atoms with Gasteiger partial charge in [-0.2, -0.15) is 0 Å². The van der Waals surface area contributed by atoms with Crippen molar-refractivity contribution in [3.8, 4) is 0 Å². The van der Waals surface area contributed by atoms with Crippen LogP contribution in [0, 0.1) is 17.8 Å². The summed E-state index contributed by atoms with van der Waals surface area (Å²) < 4.78 is 12.1. The minimum absolute atomic E-state index is 0.0442. The van der Waals surface area contributed by atoms with Crippen molar-refractivity contribution in [3.63, 3.8) is 0 Å². The van der Waals surface area contributed by atoms with Crippen LogP contribution < -0.4 is 5.32 Å². The van der Waals surface area contributed by atoms with Crippen molar-refractivity contribution >= 4 is 17.6 Å². The molecule has 5 heterocycles. The van der Waals surface area contributed by atoms with Gasteiger partial charge in [-0.15, -0.1) is 0 Å². The van der Waals surface area contributed by atoms with Crippen molar-refractivity contribution in [2.24, 2.45) is 17.8 Å². The molecule has 6 rings (SSSR count). The van der Waals surface area contributed by atoms with E-state index in [1.165, 1.54) is 5.56 Å². The van der Waals surface area contributed by atoms with E-state index in [1.54, 1.807) is 23.3 Å². The van der Waals surface area contributed by atoms with Gasteiger partial charge in [0.05, 0.1) is 36.3 Å². The zero-order valence-corrected chi connectivity index (χ0v) is 19.9. The second kappa shape index (κ2) is 8.19. The normalized spacial score (nSPS) is 35.8. The second-order valence-corrected chi connectivity index (χ2v) is 10.4. The van der Waals surface area contributed by atoms with Crippen molar-refractivity contribution in [2.45, 2.75) is 62.9 Å². The maximum absolute atomic E-state index is 14.0. The largest absolute Gasteiger partial charge is 0.467 e. The molecule has 0 unspecified atom stereocenters. The molecule has 0 saturated carbocycles. The molecule has 0 radical (unpaired) electrons. The fourth-order valence-corrected chi connectivity index (χ4v) is 6.70. The monoisotopic (exact) mass is 474 g/mol. The highest BCUT2D eigenvalue weighted by molar-refractivity contribution is 5.96. The predicted molar refractivity (Wildman–Crippen MR) is 127 cm³/mol. The number of hydrogen-bond acceptors (Lipinski definition) is 5. The molecule has 0 aliphatic carbocycles. The number of carbonyl (C=O) groups excluding carboxylic acids is 3. The molecule has 182 valence electrons. The molecule has 1 N–H and O–H groups in total. The standard InChI is InChI=1S/C28H30N2O5/c1-16(10-11-18-7-4-3-5-8-18)29-26(32)23-22-12-13-28(35-22)24(23)27(33)30-19(21-9-6-14-34-21)15-20(31)17(2)25(28)30/h3-9,12-14,16-17,19,22-25H,10-11,15H2,1-2H3,(H,29,32)/t16-,17+,19+,22-,23-,24+,25-,28-/m1/s1. The van der Waals surface area contributed by atoms with Crippen LogP contribution in [-0.4, -0.2) is 46.3 Å². The van der Waals surface area contributed by atoms with Gasteiger partial charge >= 0.3 is 0 Å². The van der Waals surface area contributed by atoms with Crippen molar-refractivity contribution < 1.29 is 23.5 Å². The summed E-state index contributed by atoms with van der Waals surface area (Å²) in [5.74, 6) is -1.25. The third-order valence-corrected chi connectivity index (χ3v) is 8.35. The highest BCUT2D eigenvalue weighted by Crippen LogP contribution is 2.59. The van der Waals surface area contributed by atoms with E-state index >= 15 is 0 Å². The summed E-state index contributed by atoms with van der Waals surface area (Å²) >= 11 is 0. The molecule has 1 spiro atoms. The fourth-order valence-electron chi connectivity index (χ4n) is 6.70. The van der Waals surface area contributed by atoms with Crippen molar-refractivity contribution in [1.29, 1.82) is 0 Å². The number of amides is 2. The number of fused-ring (bicyclic) bond motifs is 2. The van der Waals surface area contributed by atoms with Crippen LogP contribution in [0.15, 0.2) is 65.3 Å². The van der Waals surface area contributed by atoms with Gasteiger partial charge in [-0.1, -0.05) is 49.4 Å². The quantitative estimate of drug-likeness (QED) is 0.650. The van der Waals surface area contributed by atoms with Gasteiger partial charge in [0.2, 0.25) is 11.8 Å². The van der Waals surface area contributed by atoms with Crippen LogP contribution in [0.3, 0.4) is 0 Å². The Morgan fingerprint density at radius 3 is 2.74 bits per heavy atom. The first-order valence-electron chi connectivity index (χ1n) is 12.5. The highest BCUT2D eigenvalue weighted by Gasteiger charge is 2.74. The molecule has 1 aromatic carbocycles. The highest BCUT2D eigenvalue weighted by atomic mass is 16.5. The fraction of sp³-hybridized carbons (Fsp3) is 0.464. The van der Waals surface area contributed by atoms with E-state index in [-0.39, 0.29) is 36.0 Å². The average Bonchev–Trinajstić information content (AvgIpc) is 3.63. The Kier molecular flexibility index (Phi) is 5.22. The van der Waals surface area contributed by atoms with Crippen LogP contribution in [0.2, 0.25) is 0 Å². The van der Waals surface area contributed by atoms with Gasteiger partial charge in [0.25, 0.3) is 0 Å². The molecule has 8 atom stereocenters. The minimum atomic E-state index is -0.961. The average molecular weight is 475 g/mol. The van der Waals surface area contributed by atoms with Crippen molar-refractivity contribution in [3.05, 3.63) is 72.2 Å². The van der Waals surface area contributed by atoms with E-state index in [2.05, 4.69) is 17.4 Å². The van der Waals surface area contributed by atoms with Gasteiger partial charge in [-0.25, -0.2) is 0 Å². The Morgan fingerprint density at radius 2 is 2.00 bits per heavy atom. The van der Waals surface area contributed by atoms with E-state index in [9.17, 15) is 14.4 Å². The molecule has 7 heteroatoms. The maximum atomic E-state index is 14.0. The van der Waals surface area contributed by atoms with Gasteiger partial charge in [0.1, 0.15) is 17.1 Å². The van der Waals surface area contributed by atoms with Gasteiger partial charge in [0, 0.05) is 18.4 Å². The molecule has 2 bridgehead atoms. The van der Waals surface area contributed by atoms with Crippen molar-refractivity contribution in [2.75, 3.05) is 0 Å². The van der Waals surface area contributed by atoms with E-state index in [0.717, 1.165) is 12.8 Å². The number of rotatable bonds is 6. The van der Waals surface area contributed by atoms with Gasteiger partial charge < -0.3 is 19.4 Å². The topological polar surface area (TPSA) is 88.9 Å². The third kappa shape index (κ3) is 3.32. The molecule has 2 amide bonds. The van der Waals surface area contributed by atoms with Crippen LogP contribution in [0.4, 0.5) is 0 Å². The first-order valence-corrected chi connectivity index (χ1v) is 12.5. The summed E-state index contributed by atoms with van der Waals surface area (Å²) in [5, 5.41) is 3.14. The molecular weight excluding hydrogens is 444 g/mol. The molecule has 35 heavy (non-hydrogen) atoms. The van der Waals surface area contributed by atoms with Gasteiger partial charge in [0.15, 0.2) is 0 Å². The molecule has 4 aliphatic heterocycles. The smallest absolute Gasteiger partial charge is 0.230 e. The molecule has 7 nitrogen and oxygen atoms in total. The number of nitrogens with zero attached hydrogens (tertiary/aromatic N) is 1. The number of carbonyl (C=O) groups is 3. The van der Waals surface area contributed by atoms with Crippen LogP contribution in [0.1, 0.15) is 44.1 Å². The lowest BCUT2D eigenvalue weighted by Gasteiger charge is -2.43. The first kappa shape index (κ1) is 22.3. The van der Waals surface area contributed by atoms with Gasteiger partial charge in [-0.3, -0.25) is 14.4 Å². The summed E-state index contributed by atoms with van der Waals surface area (Å²) in [6.45, 7) is 3.86. The lowest BCUT2D eigenvalue weighted by molar-refractivity contribution is -0.148. The minimum Gasteiger partial charge on any atom is -0.467 e. The Bertz CT molecular complexity index is 1180. The zero-order valence-electron chi connectivity index (χ0n) is 19.9. The van der Waals surface area contributed by atoms with Crippen LogP contribution >= 0.6 is 0 Å². The lowest BCUT2D eigenvalue weighted by atomic mass is 9.70. The molecule has 2 aromatic rings. The van der Waals surface area contributed by atoms with Gasteiger partial charge in [-0.05, 0) is 37.5 Å². The van der Waals surface area contributed by atoms with E-state index in [0.29, 0.717) is 5.76 Å². The molecule has 1 aromatic heterocycles. The molecular formula is C28H30N2O5. The van der Waals surface area contributed by atoms with E-state index in [1.807, 2.05) is 44.2 Å². The number of furan rings is 1. The summed E-state index contributed by atoms with van der Waals surface area (Å²) in [6.07, 6.45) is 6.80. The Labute approximate surface area is 204 Å². The number of ether oxygens (including phenoxy) is 1. The summed E-state index contributed by atoms with van der Waals surface area (Å²) in [6, 6.07) is 12.8. The predicted octanol–water partition coefficient (Wildman–Crippen LogP) is 3.22. The third-order valence-electron chi connectivity index (χ3n) is 8.35. The number of ketones is 1. The SMILES string of the molecule is C[C@H](CCc1ccccc1)NC(=O)[C@H]1[C@H]2C(=O)N3[C@H](c4ccco4)CC(=O)[C@H](C)[C@@H]3[C@@]23C=C[C@H]1O3. The number of aryl methyl sites for hydroxylation is 1. The summed E-state index contributed by atoms with van der Waals surface area (Å²) in [7, 11) is 0. The molecule has 3 saturated heterocycles. The van der Waals surface area contributed by atoms with Crippen LogP contribution in [0.25, 0.3) is 0 Å². The number of benzene rings is 1. The zero-order chi connectivity index (χ0) is 24.3. The summed E-state index contributed by atoms with van der Waals surface area (Å²) in [4.78, 5) is 42.3. The van der Waals surface area contributed by atoms with E-state index in [4.69, 9.17) is 9.15 Å². The number of piperidine rings is 1. The maximum Gasteiger partial charge on any atom is 0.230 e.